The minimum Gasteiger partial charge on any atom is -0.479 e. The van der Waals surface area contributed by atoms with Crippen molar-refractivity contribution in [1.29, 1.82) is 0 Å². The summed E-state index contributed by atoms with van der Waals surface area (Å²) in [5.74, 6) is -1.07. The minimum absolute atomic E-state index is 0.0593. The Morgan fingerprint density at radius 2 is 1.93 bits per heavy atom. The van der Waals surface area contributed by atoms with E-state index in [0.717, 1.165) is 0 Å². The lowest BCUT2D eigenvalue weighted by molar-refractivity contribution is 0.0517. The molecule has 0 saturated heterocycles. The Hall–Kier alpha value is -4.16. The van der Waals surface area contributed by atoms with Gasteiger partial charge in [-0.25, -0.2) is 18.9 Å². The van der Waals surface area contributed by atoms with E-state index in [1.807, 2.05) is 13.8 Å². The third kappa shape index (κ3) is 6.45. The number of hydrogen-bond donors (Lipinski definition) is 1. The monoisotopic (exact) mass is 631 g/mol. The van der Waals surface area contributed by atoms with Gasteiger partial charge in [-0.2, -0.15) is 10.1 Å². The summed E-state index contributed by atoms with van der Waals surface area (Å²) >= 11 is 12.3. The van der Waals surface area contributed by atoms with Crippen LogP contribution in [0.25, 0.3) is 5.69 Å². The summed E-state index contributed by atoms with van der Waals surface area (Å²) in [5, 5.41) is 8.09. The maximum Gasteiger partial charge on any atom is 0.359 e. The lowest BCUT2D eigenvalue weighted by Gasteiger charge is -2.24. The van der Waals surface area contributed by atoms with Crippen molar-refractivity contribution >= 4 is 40.8 Å². The van der Waals surface area contributed by atoms with Crippen molar-refractivity contribution in [1.82, 2.24) is 24.3 Å². The van der Waals surface area contributed by atoms with Crippen LogP contribution in [-0.4, -0.2) is 58.1 Å². The molecule has 4 rings (SSSR count). The van der Waals surface area contributed by atoms with Gasteiger partial charge in [-0.3, -0.25) is 4.79 Å². The predicted molar refractivity (Wildman–Crippen MR) is 164 cm³/mol. The molecule has 3 aromatic heterocycles. The molecular weight excluding hydrogens is 600 g/mol. The summed E-state index contributed by atoms with van der Waals surface area (Å²) in [7, 11) is 6.61. The van der Waals surface area contributed by atoms with E-state index in [1.54, 1.807) is 39.0 Å². The van der Waals surface area contributed by atoms with E-state index >= 15 is 0 Å². The van der Waals surface area contributed by atoms with Crippen molar-refractivity contribution in [3.05, 3.63) is 85.4 Å². The van der Waals surface area contributed by atoms with Crippen LogP contribution in [0, 0.1) is 5.82 Å². The van der Waals surface area contributed by atoms with Crippen molar-refractivity contribution < 1.29 is 18.7 Å². The van der Waals surface area contributed by atoms with Crippen molar-refractivity contribution in [3.63, 3.8) is 0 Å². The van der Waals surface area contributed by atoms with Gasteiger partial charge in [0.15, 0.2) is 5.69 Å². The van der Waals surface area contributed by atoms with Gasteiger partial charge in [0.25, 0.3) is 5.56 Å². The van der Waals surface area contributed by atoms with Crippen LogP contribution in [0.1, 0.15) is 60.0 Å². The zero-order valence-corrected chi connectivity index (χ0v) is 26.3. The molecule has 1 unspecified atom stereocenters. The molecule has 0 spiro atoms. The number of nitrogens with zero attached hydrogens (tertiary/aromatic N) is 6. The normalized spacial score (nSPS) is 11.9. The second kappa shape index (κ2) is 13.0. The third-order valence-corrected chi connectivity index (χ3v) is 7.05. The van der Waals surface area contributed by atoms with Crippen LogP contribution in [0.5, 0.6) is 5.88 Å². The Kier molecular flexibility index (Phi) is 9.61. The molecule has 228 valence electrons. The third-order valence-electron chi connectivity index (χ3n) is 6.53. The highest BCUT2D eigenvalue weighted by Crippen LogP contribution is 2.38. The summed E-state index contributed by atoms with van der Waals surface area (Å²) in [4.78, 5) is 37.3. The zero-order valence-electron chi connectivity index (χ0n) is 24.8. The molecule has 0 bridgehead atoms. The smallest absolute Gasteiger partial charge is 0.359 e. The van der Waals surface area contributed by atoms with Crippen LogP contribution in [0.4, 0.5) is 16.0 Å². The number of aromatic nitrogens is 5. The maximum absolute atomic E-state index is 14.9. The Balaban J connectivity index is 2.09. The number of methoxy groups -OCH3 is 1. The van der Waals surface area contributed by atoms with Crippen LogP contribution in [-0.2, 0) is 11.8 Å². The van der Waals surface area contributed by atoms with E-state index in [9.17, 15) is 14.0 Å². The minimum atomic E-state index is -0.989. The van der Waals surface area contributed by atoms with E-state index in [-0.39, 0.29) is 34.8 Å². The van der Waals surface area contributed by atoms with Crippen LogP contribution in [0.15, 0.2) is 41.5 Å². The molecule has 4 aromatic rings. The second-order valence-corrected chi connectivity index (χ2v) is 11.0. The highest BCUT2D eigenvalue weighted by Gasteiger charge is 2.34. The van der Waals surface area contributed by atoms with Crippen LogP contribution in [0.2, 0.25) is 10.0 Å². The van der Waals surface area contributed by atoms with Crippen molar-refractivity contribution in [2.24, 2.45) is 7.05 Å². The molecule has 11 nitrogen and oxygen atoms in total. The molecule has 0 radical (unpaired) electrons. The number of benzene rings is 1. The number of carbonyl (C=O) groups is 1. The SMILES string of the molecule is CCOC(=O)c1nn(-c2cnc(N(C)C)nc2OC)c(C(C)C)c1C(Nc1cc(Cl)cn(C)c1=O)c1ccc(Cl)c(F)c1. The topological polar surface area (TPSA) is 116 Å². The lowest BCUT2D eigenvalue weighted by Crippen LogP contribution is -2.25. The number of aryl methyl sites for hydroxylation is 1. The molecule has 1 N–H and O–H groups in total. The molecule has 3 heterocycles. The van der Waals surface area contributed by atoms with Gasteiger partial charge in [-0.15, -0.1) is 0 Å². The number of nitrogens with one attached hydrogen (secondary N) is 1. The number of pyridine rings is 1. The lowest BCUT2D eigenvalue weighted by atomic mass is 9.92. The first-order valence-corrected chi connectivity index (χ1v) is 14.1. The Bertz CT molecular complexity index is 1720. The van der Waals surface area contributed by atoms with Gasteiger partial charge in [0.05, 0.1) is 41.7 Å². The Morgan fingerprint density at radius 3 is 2.53 bits per heavy atom. The fourth-order valence-electron chi connectivity index (χ4n) is 4.62. The Labute approximate surface area is 258 Å². The first kappa shape index (κ1) is 31.8. The van der Waals surface area contributed by atoms with Gasteiger partial charge in [0, 0.05) is 32.9 Å². The van der Waals surface area contributed by atoms with Gasteiger partial charge < -0.3 is 24.3 Å². The number of carbonyl (C=O) groups excluding carboxylic acids is 1. The fourth-order valence-corrected chi connectivity index (χ4v) is 5.00. The molecule has 1 atom stereocenters. The van der Waals surface area contributed by atoms with E-state index in [1.165, 1.54) is 47.0 Å². The zero-order chi connectivity index (χ0) is 31.6. The molecule has 0 saturated carbocycles. The summed E-state index contributed by atoms with van der Waals surface area (Å²) in [6.07, 6.45) is 3.01. The van der Waals surface area contributed by atoms with Crippen molar-refractivity contribution in [2.45, 2.75) is 32.7 Å². The highest BCUT2D eigenvalue weighted by molar-refractivity contribution is 6.31. The van der Waals surface area contributed by atoms with Gasteiger partial charge in [0.2, 0.25) is 11.8 Å². The summed E-state index contributed by atoms with van der Waals surface area (Å²) in [6, 6.07) is 4.71. The van der Waals surface area contributed by atoms with E-state index in [2.05, 4.69) is 20.4 Å². The largest absolute Gasteiger partial charge is 0.479 e. The van der Waals surface area contributed by atoms with Crippen LogP contribution < -0.4 is 20.5 Å². The maximum atomic E-state index is 14.9. The molecular formula is C29H32Cl2FN7O4. The van der Waals surface area contributed by atoms with E-state index < -0.39 is 23.4 Å². The number of halogens is 3. The summed E-state index contributed by atoms with van der Waals surface area (Å²) in [6.45, 7) is 5.57. The predicted octanol–water partition coefficient (Wildman–Crippen LogP) is 5.38. The Morgan fingerprint density at radius 1 is 1.21 bits per heavy atom. The van der Waals surface area contributed by atoms with Gasteiger partial charge in [-0.1, -0.05) is 43.1 Å². The number of anilines is 2. The fraction of sp³-hybridized carbons (Fsp3) is 0.345. The number of esters is 1. The van der Waals surface area contributed by atoms with Gasteiger partial charge in [0.1, 0.15) is 17.2 Å². The van der Waals surface area contributed by atoms with Gasteiger partial charge in [-0.05, 0) is 36.6 Å². The first-order chi connectivity index (χ1) is 20.4. The number of hydrogen-bond acceptors (Lipinski definition) is 9. The summed E-state index contributed by atoms with van der Waals surface area (Å²) < 4.78 is 28.8. The van der Waals surface area contributed by atoms with Crippen LogP contribution >= 0.6 is 23.2 Å². The van der Waals surface area contributed by atoms with E-state index in [4.69, 9.17) is 32.7 Å². The number of ether oxygens (including phenoxy) is 2. The van der Waals surface area contributed by atoms with Crippen LogP contribution in [0.3, 0.4) is 0 Å². The van der Waals surface area contributed by atoms with Crippen molar-refractivity contribution in [2.75, 3.05) is 38.0 Å². The quantitative estimate of drug-likeness (QED) is 0.230. The molecule has 0 amide bonds. The highest BCUT2D eigenvalue weighted by atomic mass is 35.5. The standard InChI is InChI=1S/C29H32Cl2FN7O4/c1-8-43-28(41)24-22(25(15(2)3)39(36-24)21-13-33-29(37(4)5)35-26(21)42-7)23(16-9-10-18(31)19(32)11-16)34-20-12-17(30)14-38(6)27(20)40/h9-15,23,34H,8H2,1-7H3. The first-order valence-electron chi connectivity index (χ1n) is 13.3. The van der Waals surface area contributed by atoms with Gasteiger partial charge >= 0.3 is 5.97 Å². The number of rotatable bonds is 10. The average Bonchev–Trinajstić information content (AvgIpc) is 3.36. The molecule has 0 aliphatic rings. The van der Waals surface area contributed by atoms with E-state index in [0.29, 0.717) is 33.5 Å². The second-order valence-electron chi connectivity index (χ2n) is 10.1. The van der Waals surface area contributed by atoms with Crippen molar-refractivity contribution in [3.8, 4) is 11.6 Å². The summed E-state index contributed by atoms with van der Waals surface area (Å²) in [5.41, 5.74) is 1.26. The molecule has 0 aliphatic carbocycles. The molecule has 0 fully saturated rings. The molecule has 1 aromatic carbocycles. The molecule has 0 aliphatic heterocycles. The molecule has 43 heavy (non-hydrogen) atoms. The molecule has 14 heteroatoms. The average molecular weight is 633 g/mol.